The van der Waals surface area contributed by atoms with Gasteiger partial charge in [-0.2, -0.15) is 0 Å². The number of benzene rings is 1. The number of amides is 1. The normalized spacial score (nSPS) is 10.7. The minimum atomic E-state index is -0.724. The molecule has 0 aliphatic carbocycles. The van der Waals surface area contributed by atoms with Crippen LogP contribution in [0.15, 0.2) is 28.2 Å². The van der Waals surface area contributed by atoms with Gasteiger partial charge in [-0.15, -0.1) is 5.10 Å². The van der Waals surface area contributed by atoms with Crippen molar-refractivity contribution < 1.29 is 9.72 Å². The average molecular weight is 351 g/mol. The summed E-state index contributed by atoms with van der Waals surface area (Å²) in [5, 5.41) is 18.0. The number of thioether (sulfide) groups is 1. The second kappa shape index (κ2) is 7.77. The molecule has 0 aliphatic heterocycles. The first-order valence-electron chi connectivity index (χ1n) is 7.29. The molecule has 0 aliphatic rings. The summed E-state index contributed by atoms with van der Waals surface area (Å²) in [6, 6.07) is 4.10. The molecule has 2 aromatic rings. The molecule has 0 saturated heterocycles. The monoisotopic (exact) mass is 351 g/mol. The van der Waals surface area contributed by atoms with Crippen molar-refractivity contribution in [2.75, 3.05) is 0 Å². The van der Waals surface area contributed by atoms with Gasteiger partial charge in [-0.25, -0.2) is 9.89 Å². The highest BCUT2D eigenvalue weighted by Gasteiger charge is 2.18. The molecule has 9 nitrogen and oxygen atoms in total. The van der Waals surface area contributed by atoms with Crippen LogP contribution in [0.1, 0.15) is 35.7 Å². The fraction of sp³-hybridized carbons (Fsp3) is 0.357. The van der Waals surface area contributed by atoms with E-state index in [4.69, 9.17) is 5.73 Å². The lowest BCUT2D eigenvalue weighted by atomic mass is 10.1. The Hall–Kier alpha value is -2.62. The Labute approximate surface area is 141 Å². The molecular weight excluding hydrogens is 334 g/mol. The maximum atomic E-state index is 11.7. The van der Waals surface area contributed by atoms with Crippen molar-refractivity contribution in [3.8, 4) is 0 Å². The van der Waals surface area contributed by atoms with Gasteiger partial charge in [-0.1, -0.05) is 31.2 Å². The van der Waals surface area contributed by atoms with Crippen LogP contribution < -0.4 is 11.4 Å². The fourth-order valence-electron chi connectivity index (χ4n) is 2.08. The molecule has 0 radical (unpaired) electrons. The molecule has 1 aromatic heterocycles. The maximum Gasteiger partial charge on any atom is 0.343 e. The summed E-state index contributed by atoms with van der Waals surface area (Å²) in [5.74, 6) is -0.482. The number of nitrogens with zero attached hydrogens (tertiary/aromatic N) is 3. The van der Waals surface area contributed by atoms with Crippen molar-refractivity contribution in [3.05, 3.63) is 49.9 Å². The van der Waals surface area contributed by atoms with Crippen molar-refractivity contribution in [1.29, 1.82) is 0 Å². The predicted molar refractivity (Wildman–Crippen MR) is 88.9 cm³/mol. The molecule has 1 amide bonds. The Balaban J connectivity index is 2.22. The zero-order chi connectivity index (χ0) is 17.7. The summed E-state index contributed by atoms with van der Waals surface area (Å²) in [5.41, 5.74) is 5.17. The molecule has 10 heteroatoms. The van der Waals surface area contributed by atoms with Crippen molar-refractivity contribution in [1.82, 2.24) is 14.8 Å². The van der Waals surface area contributed by atoms with Crippen LogP contribution in [-0.4, -0.2) is 25.6 Å². The number of nitro groups is 1. The van der Waals surface area contributed by atoms with Gasteiger partial charge in [0.1, 0.15) is 0 Å². The third kappa shape index (κ3) is 4.02. The average Bonchev–Trinajstić information content (AvgIpc) is 2.90. The number of hydrogen-bond acceptors (Lipinski definition) is 6. The zero-order valence-corrected chi connectivity index (χ0v) is 13.8. The lowest BCUT2D eigenvalue weighted by Crippen LogP contribution is -2.17. The minimum Gasteiger partial charge on any atom is -0.366 e. The first-order chi connectivity index (χ1) is 11.4. The third-order valence-electron chi connectivity index (χ3n) is 3.38. The van der Waals surface area contributed by atoms with E-state index in [1.54, 1.807) is 0 Å². The van der Waals surface area contributed by atoms with E-state index in [0.29, 0.717) is 17.3 Å². The highest BCUT2D eigenvalue weighted by Crippen LogP contribution is 2.27. The highest BCUT2D eigenvalue weighted by molar-refractivity contribution is 7.98. The number of H-pyrrole nitrogens is 1. The van der Waals surface area contributed by atoms with E-state index in [9.17, 15) is 19.7 Å². The number of aromatic amines is 1. The Kier molecular flexibility index (Phi) is 5.74. The van der Waals surface area contributed by atoms with Crippen molar-refractivity contribution in [2.45, 2.75) is 37.2 Å². The van der Waals surface area contributed by atoms with Crippen LogP contribution >= 0.6 is 11.8 Å². The van der Waals surface area contributed by atoms with Crippen LogP contribution in [0, 0.1) is 10.1 Å². The molecule has 3 N–H and O–H groups in total. The largest absolute Gasteiger partial charge is 0.366 e. The summed E-state index contributed by atoms with van der Waals surface area (Å²) in [6.07, 6.45) is 1.77. The van der Waals surface area contributed by atoms with Gasteiger partial charge >= 0.3 is 5.69 Å². The summed E-state index contributed by atoms with van der Waals surface area (Å²) in [6.45, 7) is 2.55. The van der Waals surface area contributed by atoms with Crippen LogP contribution in [0.25, 0.3) is 0 Å². The van der Waals surface area contributed by atoms with Crippen LogP contribution in [0.5, 0.6) is 0 Å². The van der Waals surface area contributed by atoms with E-state index in [0.717, 1.165) is 18.9 Å². The molecule has 0 atom stereocenters. The van der Waals surface area contributed by atoms with E-state index < -0.39 is 10.8 Å². The lowest BCUT2D eigenvalue weighted by Gasteiger charge is -2.06. The van der Waals surface area contributed by atoms with Gasteiger partial charge in [0.25, 0.3) is 5.69 Å². The van der Waals surface area contributed by atoms with E-state index in [2.05, 4.69) is 10.2 Å². The quantitative estimate of drug-likeness (QED) is 0.421. The number of hydrogen-bond donors (Lipinski definition) is 2. The lowest BCUT2D eigenvalue weighted by molar-refractivity contribution is -0.385. The van der Waals surface area contributed by atoms with Crippen LogP contribution in [0.4, 0.5) is 5.69 Å². The summed E-state index contributed by atoms with van der Waals surface area (Å²) < 4.78 is 1.51. The molecule has 0 bridgehead atoms. The number of carbonyl (C=O) groups is 1. The van der Waals surface area contributed by atoms with Crippen molar-refractivity contribution in [2.24, 2.45) is 5.73 Å². The van der Waals surface area contributed by atoms with E-state index in [1.165, 1.54) is 28.5 Å². The van der Waals surface area contributed by atoms with Gasteiger partial charge in [0.15, 0.2) is 5.16 Å². The van der Waals surface area contributed by atoms with Crippen LogP contribution in [-0.2, 0) is 12.3 Å². The number of unbranched alkanes of at least 4 members (excludes halogenated alkanes) is 1. The SMILES string of the molecule is CCCCn1c(SCc2ccc(C(N)=O)cc2[N+](=O)[O-])n[nH]c1=O. The first-order valence-corrected chi connectivity index (χ1v) is 8.27. The third-order valence-corrected chi connectivity index (χ3v) is 4.41. The number of aromatic nitrogens is 3. The minimum absolute atomic E-state index is 0.0788. The standard InChI is InChI=1S/C14H17N5O4S/c1-2-3-6-18-13(21)16-17-14(18)24-8-10-5-4-9(12(15)20)7-11(10)19(22)23/h4-5,7H,2-3,6,8H2,1H3,(H2,15,20)(H,16,21). The second-order valence-corrected chi connectivity index (χ2v) is 6.01. The van der Waals surface area contributed by atoms with E-state index in [-0.39, 0.29) is 22.7 Å². The van der Waals surface area contributed by atoms with Crippen molar-refractivity contribution in [3.63, 3.8) is 0 Å². The molecule has 0 unspecified atom stereocenters. The van der Waals surface area contributed by atoms with Gasteiger partial charge in [0.05, 0.1) is 4.92 Å². The van der Waals surface area contributed by atoms with Gasteiger partial charge in [0.2, 0.25) is 5.91 Å². The fourth-order valence-corrected chi connectivity index (χ4v) is 3.05. The number of primary amides is 1. The number of nitrogens with two attached hydrogens (primary N) is 1. The number of nitrogens with one attached hydrogen (secondary N) is 1. The van der Waals surface area contributed by atoms with Crippen molar-refractivity contribution >= 4 is 23.4 Å². The predicted octanol–water partition coefficient (Wildman–Crippen LogP) is 1.67. The van der Waals surface area contributed by atoms with E-state index in [1.807, 2.05) is 6.92 Å². The molecular formula is C14H17N5O4S. The topological polar surface area (TPSA) is 137 Å². The number of rotatable bonds is 8. The van der Waals surface area contributed by atoms with Crippen LogP contribution in [0.3, 0.4) is 0 Å². The molecule has 1 aromatic carbocycles. The van der Waals surface area contributed by atoms with Gasteiger partial charge < -0.3 is 5.73 Å². The van der Waals surface area contributed by atoms with Crippen LogP contribution in [0.2, 0.25) is 0 Å². The molecule has 1 heterocycles. The number of carbonyl (C=O) groups excluding carboxylic acids is 1. The first kappa shape index (κ1) is 17.7. The smallest absolute Gasteiger partial charge is 0.343 e. The maximum absolute atomic E-state index is 11.7. The molecule has 24 heavy (non-hydrogen) atoms. The van der Waals surface area contributed by atoms with Gasteiger partial charge in [0, 0.05) is 29.5 Å². The molecule has 0 saturated carbocycles. The summed E-state index contributed by atoms with van der Waals surface area (Å²) in [4.78, 5) is 33.5. The van der Waals surface area contributed by atoms with Gasteiger partial charge in [-0.05, 0) is 12.5 Å². The Bertz CT molecular complexity index is 814. The number of nitro benzene ring substituents is 1. The Morgan fingerprint density at radius 1 is 1.50 bits per heavy atom. The molecule has 0 spiro atoms. The Morgan fingerprint density at radius 3 is 2.88 bits per heavy atom. The van der Waals surface area contributed by atoms with Gasteiger partial charge in [-0.3, -0.25) is 19.5 Å². The molecule has 2 rings (SSSR count). The zero-order valence-electron chi connectivity index (χ0n) is 13.0. The second-order valence-electron chi connectivity index (χ2n) is 5.07. The highest BCUT2D eigenvalue weighted by atomic mass is 32.2. The Morgan fingerprint density at radius 2 is 2.25 bits per heavy atom. The summed E-state index contributed by atoms with van der Waals surface area (Å²) in [7, 11) is 0. The molecule has 0 fully saturated rings. The summed E-state index contributed by atoms with van der Waals surface area (Å²) >= 11 is 1.22. The van der Waals surface area contributed by atoms with E-state index >= 15 is 0 Å². The molecule has 128 valence electrons.